The Balaban J connectivity index is 2.14. The summed E-state index contributed by atoms with van der Waals surface area (Å²) in [5, 5.41) is 15.1. The summed E-state index contributed by atoms with van der Waals surface area (Å²) in [6, 6.07) is 9.90. The van der Waals surface area contributed by atoms with Crippen LogP contribution in [0.2, 0.25) is 0 Å². The van der Waals surface area contributed by atoms with Crippen molar-refractivity contribution in [2.75, 3.05) is 6.54 Å². The van der Waals surface area contributed by atoms with Crippen molar-refractivity contribution in [3.8, 4) is 0 Å². The van der Waals surface area contributed by atoms with E-state index in [-0.39, 0.29) is 6.04 Å². The van der Waals surface area contributed by atoms with Crippen molar-refractivity contribution in [3.63, 3.8) is 0 Å². The van der Waals surface area contributed by atoms with E-state index in [2.05, 4.69) is 10.6 Å². The average molecular weight is 206 g/mol. The predicted molar refractivity (Wildman–Crippen MR) is 56.4 cm³/mol. The quantitative estimate of drug-likeness (QED) is 0.667. The van der Waals surface area contributed by atoms with Crippen molar-refractivity contribution in [3.05, 3.63) is 35.9 Å². The maximum Gasteiger partial charge on any atom is 0.338 e. The van der Waals surface area contributed by atoms with E-state index < -0.39 is 11.6 Å². The molecule has 3 N–H and O–H groups in total. The summed E-state index contributed by atoms with van der Waals surface area (Å²) in [5.41, 5.74) is 0.0931. The summed E-state index contributed by atoms with van der Waals surface area (Å²) < 4.78 is 0. The topological polar surface area (TPSA) is 61.4 Å². The van der Waals surface area contributed by atoms with Gasteiger partial charge < -0.3 is 5.11 Å². The molecule has 4 heteroatoms. The molecule has 0 aromatic heterocycles. The number of benzene rings is 1. The Morgan fingerprint density at radius 2 is 2.13 bits per heavy atom. The molecule has 80 valence electrons. The van der Waals surface area contributed by atoms with E-state index in [1.54, 1.807) is 6.92 Å². The van der Waals surface area contributed by atoms with E-state index in [4.69, 9.17) is 5.11 Å². The van der Waals surface area contributed by atoms with Gasteiger partial charge in [-0.2, -0.15) is 0 Å². The van der Waals surface area contributed by atoms with E-state index in [9.17, 15) is 4.79 Å². The highest BCUT2D eigenvalue weighted by molar-refractivity contribution is 5.78. The molecule has 1 aromatic carbocycles. The van der Waals surface area contributed by atoms with Gasteiger partial charge in [-0.1, -0.05) is 30.3 Å². The first-order chi connectivity index (χ1) is 7.12. The molecular weight excluding hydrogens is 192 g/mol. The number of carbonyl (C=O) groups is 1. The maximum absolute atomic E-state index is 11.0. The fourth-order valence-electron chi connectivity index (χ4n) is 1.78. The zero-order chi connectivity index (χ0) is 10.9. The highest BCUT2D eigenvalue weighted by Gasteiger charge is 2.40. The van der Waals surface area contributed by atoms with Crippen LogP contribution in [0.4, 0.5) is 0 Å². The van der Waals surface area contributed by atoms with Crippen LogP contribution >= 0.6 is 0 Å². The summed E-state index contributed by atoms with van der Waals surface area (Å²) >= 11 is 0. The first-order valence-corrected chi connectivity index (χ1v) is 4.93. The largest absolute Gasteiger partial charge is 0.479 e. The van der Waals surface area contributed by atoms with Crippen LogP contribution in [-0.2, 0) is 4.79 Å². The molecule has 15 heavy (non-hydrogen) atoms. The van der Waals surface area contributed by atoms with Crippen molar-refractivity contribution in [1.82, 2.24) is 10.6 Å². The fourth-order valence-corrected chi connectivity index (χ4v) is 1.78. The molecule has 1 aliphatic rings. The zero-order valence-electron chi connectivity index (χ0n) is 8.53. The summed E-state index contributed by atoms with van der Waals surface area (Å²) in [5.74, 6) is -0.874. The number of nitrogens with one attached hydrogen (secondary N) is 2. The molecule has 2 unspecified atom stereocenters. The third kappa shape index (κ3) is 1.86. The Morgan fingerprint density at radius 1 is 1.47 bits per heavy atom. The number of hydrogen-bond donors (Lipinski definition) is 3. The van der Waals surface area contributed by atoms with Crippen LogP contribution in [0.1, 0.15) is 18.5 Å². The van der Waals surface area contributed by atoms with Crippen LogP contribution in [0.3, 0.4) is 0 Å². The normalized spacial score (nSPS) is 30.3. The molecule has 4 nitrogen and oxygen atoms in total. The fraction of sp³-hybridized carbons (Fsp3) is 0.364. The molecule has 1 heterocycles. The van der Waals surface area contributed by atoms with Gasteiger partial charge in [-0.25, -0.2) is 4.79 Å². The number of carboxylic acid groups (broad SMARTS) is 1. The standard InChI is InChI=1S/C11H14N2O2/c1-11(10(14)15)12-7-9(13-11)8-5-3-2-4-6-8/h2-6,9,12-13H,7H2,1H3,(H,14,15). The van der Waals surface area contributed by atoms with Crippen molar-refractivity contribution < 1.29 is 9.90 Å². The van der Waals surface area contributed by atoms with Crippen LogP contribution < -0.4 is 10.6 Å². The summed E-state index contributed by atoms with van der Waals surface area (Å²) in [6.45, 7) is 2.27. The van der Waals surface area contributed by atoms with Crippen molar-refractivity contribution in [2.24, 2.45) is 0 Å². The third-order valence-corrected chi connectivity index (χ3v) is 2.75. The molecule has 0 spiro atoms. The first kappa shape index (κ1) is 10.1. The van der Waals surface area contributed by atoms with Crippen LogP contribution in [0.15, 0.2) is 30.3 Å². The van der Waals surface area contributed by atoms with Gasteiger partial charge >= 0.3 is 5.97 Å². The van der Waals surface area contributed by atoms with Crippen molar-refractivity contribution in [2.45, 2.75) is 18.6 Å². The predicted octanol–water partition coefficient (Wildman–Crippen LogP) is 0.721. The average Bonchev–Trinajstić information content (AvgIpc) is 2.64. The van der Waals surface area contributed by atoms with E-state index >= 15 is 0 Å². The molecule has 2 rings (SSSR count). The lowest BCUT2D eigenvalue weighted by molar-refractivity contribution is -0.144. The molecule has 0 saturated carbocycles. The van der Waals surface area contributed by atoms with Crippen LogP contribution in [-0.4, -0.2) is 23.3 Å². The van der Waals surface area contributed by atoms with Gasteiger partial charge in [-0.3, -0.25) is 10.6 Å². The molecule has 1 saturated heterocycles. The van der Waals surface area contributed by atoms with E-state index in [0.29, 0.717) is 6.54 Å². The molecule has 0 bridgehead atoms. The Morgan fingerprint density at radius 3 is 2.67 bits per heavy atom. The van der Waals surface area contributed by atoms with Gasteiger partial charge in [0.25, 0.3) is 0 Å². The summed E-state index contributed by atoms with van der Waals surface area (Å²) in [6.07, 6.45) is 0. The van der Waals surface area contributed by atoms with E-state index in [1.807, 2.05) is 30.3 Å². The van der Waals surface area contributed by atoms with Gasteiger partial charge in [0.05, 0.1) is 0 Å². The zero-order valence-corrected chi connectivity index (χ0v) is 8.53. The van der Waals surface area contributed by atoms with Gasteiger partial charge in [-0.15, -0.1) is 0 Å². The van der Waals surface area contributed by atoms with Crippen molar-refractivity contribution in [1.29, 1.82) is 0 Å². The number of hydrogen-bond acceptors (Lipinski definition) is 3. The molecule has 1 aliphatic heterocycles. The van der Waals surface area contributed by atoms with E-state index in [1.165, 1.54) is 0 Å². The summed E-state index contributed by atoms with van der Waals surface area (Å²) in [7, 11) is 0. The minimum atomic E-state index is -1.01. The smallest absolute Gasteiger partial charge is 0.338 e. The second-order valence-electron chi connectivity index (χ2n) is 3.92. The summed E-state index contributed by atoms with van der Waals surface area (Å²) in [4.78, 5) is 11.0. The number of rotatable bonds is 2. The van der Waals surface area contributed by atoms with Crippen LogP contribution in [0.5, 0.6) is 0 Å². The third-order valence-electron chi connectivity index (χ3n) is 2.75. The molecule has 0 radical (unpaired) electrons. The van der Waals surface area contributed by atoms with Gasteiger partial charge in [0.15, 0.2) is 5.66 Å². The molecule has 1 aromatic rings. The minimum Gasteiger partial charge on any atom is -0.479 e. The lowest BCUT2D eigenvalue weighted by Gasteiger charge is -2.20. The Labute approximate surface area is 88.3 Å². The van der Waals surface area contributed by atoms with Crippen LogP contribution in [0.25, 0.3) is 0 Å². The monoisotopic (exact) mass is 206 g/mol. The highest BCUT2D eigenvalue weighted by atomic mass is 16.4. The van der Waals surface area contributed by atoms with Gasteiger partial charge in [0.1, 0.15) is 0 Å². The molecular formula is C11H14N2O2. The maximum atomic E-state index is 11.0. The Hall–Kier alpha value is -1.39. The number of carboxylic acids is 1. The van der Waals surface area contributed by atoms with E-state index in [0.717, 1.165) is 5.56 Å². The SMILES string of the molecule is CC1(C(=O)O)NCC(c2ccccc2)N1. The molecule has 1 fully saturated rings. The van der Waals surface area contributed by atoms with Gasteiger partial charge in [0.2, 0.25) is 0 Å². The number of aliphatic carboxylic acids is 1. The Bertz CT molecular complexity index is 366. The second kappa shape index (κ2) is 3.64. The van der Waals surface area contributed by atoms with Gasteiger partial charge in [0, 0.05) is 12.6 Å². The first-order valence-electron chi connectivity index (χ1n) is 4.93. The lowest BCUT2D eigenvalue weighted by atomic mass is 10.1. The Kier molecular flexibility index (Phi) is 2.46. The molecule has 2 atom stereocenters. The highest BCUT2D eigenvalue weighted by Crippen LogP contribution is 2.20. The van der Waals surface area contributed by atoms with Gasteiger partial charge in [-0.05, 0) is 12.5 Å². The van der Waals surface area contributed by atoms with Crippen molar-refractivity contribution >= 4 is 5.97 Å². The second-order valence-corrected chi connectivity index (χ2v) is 3.92. The molecule has 0 amide bonds. The lowest BCUT2D eigenvalue weighted by Crippen LogP contribution is -2.53. The molecule has 0 aliphatic carbocycles. The van der Waals surface area contributed by atoms with Crippen LogP contribution in [0, 0.1) is 0 Å². The minimum absolute atomic E-state index is 0.0623.